The predicted molar refractivity (Wildman–Crippen MR) is 92.8 cm³/mol. The van der Waals surface area contributed by atoms with Gasteiger partial charge < -0.3 is 11.1 Å². The number of aryl methyl sites for hydroxylation is 3. The van der Waals surface area contributed by atoms with Gasteiger partial charge in [0.05, 0.1) is 5.56 Å². The summed E-state index contributed by atoms with van der Waals surface area (Å²) in [4.78, 5) is 4.93. The van der Waals surface area contributed by atoms with Crippen LogP contribution in [0.5, 0.6) is 0 Å². The van der Waals surface area contributed by atoms with E-state index in [0.29, 0.717) is 4.99 Å². The first-order valence-corrected chi connectivity index (χ1v) is 7.40. The monoisotopic (exact) mass is 299 g/mol. The molecular weight excluding hydrogens is 278 g/mol. The van der Waals surface area contributed by atoms with Crippen LogP contribution in [-0.2, 0) is 0 Å². The Morgan fingerprint density at radius 1 is 1.19 bits per heavy atom. The third kappa shape index (κ3) is 3.58. The van der Waals surface area contributed by atoms with Gasteiger partial charge in [0.25, 0.3) is 0 Å². The minimum Gasteiger partial charge on any atom is -0.389 e. The molecule has 2 rings (SSSR count). The Kier molecular flexibility index (Phi) is 4.58. The van der Waals surface area contributed by atoms with E-state index in [-0.39, 0.29) is 6.04 Å². The number of benzene rings is 1. The number of nitrogens with two attached hydrogens (primary N) is 1. The number of nitrogens with zero attached hydrogens (tertiary/aromatic N) is 1. The molecule has 0 bridgehead atoms. The quantitative estimate of drug-likeness (QED) is 0.843. The molecule has 0 amide bonds. The van der Waals surface area contributed by atoms with Gasteiger partial charge in [-0.1, -0.05) is 42.0 Å². The second-order valence-corrected chi connectivity index (χ2v) is 5.88. The predicted octanol–water partition coefficient (Wildman–Crippen LogP) is 3.81. The third-order valence-corrected chi connectivity index (χ3v) is 3.73. The van der Waals surface area contributed by atoms with Crippen LogP contribution in [-0.4, -0.2) is 9.97 Å². The molecule has 0 fully saturated rings. The summed E-state index contributed by atoms with van der Waals surface area (Å²) in [5.41, 5.74) is 11.1. The highest BCUT2D eigenvalue weighted by Crippen LogP contribution is 2.24. The summed E-state index contributed by atoms with van der Waals surface area (Å²) in [6, 6.07) is 10.6. The van der Waals surface area contributed by atoms with Crippen molar-refractivity contribution in [2.75, 3.05) is 5.32 Å². The zero-order valence-corrected chi connectivity index (χ0v) is 13.7. The summed E-state index contributed by atoms with van der Waals surface area (Å²) in [6.07, 6.45) is 0. The van der Waals surface area contributed by atoms with Gasteiger partial charge in [0.2, 0.25) is 0 Å². The molecule has 0 aliphatic carbocycles. The molecule has 0 saturated carbocycles. The topological polar surface area (TPSA) is 50.9 Å². The van der Waals surface area contributed by atoms with Crippen LogP contribution in [0.4, 0.5) is 5.82 Å². The van der Waals surface area contributed by atoms with Crippen LogP contribution in [0.25, 0.3) is 0 Å². The lowest BCUT2D eigenvalue weighted by atomic mass is 10.1. The number of hydrogen-bond donors (Lipinski definition) is 2. The first-order valence-electron chi connectivity index (χ1n) is 6.99. The van der Waals surface area contributed by atoms with Crippen molar-refractivity contribution in [1.29, 1.82) is 0 Å². The minimum atomic E-state index is 0.132. The Morgan fingerprint density at radius 2 is 1.81 bits per heavy atom. The third-order valence-electron chi connectivity index (χ3n) is 3.52. The zero-order valence-electron chi connectivity index (χ0n) is 12.9. The van der Waals surface area contributed by atoms with E-state index in [0.717, 1.165) is 22.6 Å². The van der Waals surface area contributed by atoms with Gasteiger partial charge in [-0.2, -0.15) is 0 Å². The molecule has 4 heteroatoms. The molecule has 0 saturated heterocycles. The largest absolute Gasteiger partial charge is 0.389 e. The number of thiocarbonyl (C=S) groups is 1. The van der Waals surface area contributed by atoms with Crippen LogP contribution in [0, 0.1) is 20.8 Å². The number of aromatic nitrogens is 1. The lowest BCUT2D eigenvalue weighted by Crippen LogP contribution is -2.18. The molecule has 1 atom stereocenters. The van der Waals surface area contributed by atoms with Gasteiger partial charge in [-0.3, -0.25) is 0 Å². The first kappa shape index (κ1) is 15.4. The second kappa shape index (κ2) is 6.22. The Morgan fingerprint density at radius 3 is 2.38 bits per heavy atom. The van der Waals surface area contributed by atoms with Crippen molar-refractivity contribution in [1.82, 2.24) is 4.98 Å². The van der Waals surface area contributed by atoms with Crippen LogP contribution >= 0.6 is 12.2 Å². The molecule has 1 aromatic carbocycles. The van der Waals surface area contributed by atoms with Crippen molar-refractivity contribution in [2.45, 2.75) is 33.7 Å². The summed E-state index contributed by atoms with van der Waals surface area (Å²) in [5, 5.41) is 3.43. The highest BCUT2D eigenvalue weighted by atomic mass is 32.1. The maximum atomic E-state index is 5.85. The van der Waals surface area contributed by atoms with E-state index in [9.17, 15) is 0 Å². The van der Waals surface area contributed by atoms with E-state index >= 15 is 0 Å². The summed E-state index contributed by atoms with van der Waals surface area (Å²) in [6.45, 7) is 8.16. The first-order chi connectivity index (χ1) is 9.88. The molecule has 1 unspecified atom stereocenters. The lowest BCUT2D eigenvalue weighted by Gasteiger charge is -2.19. The van der Waals surface area contributed by atoms with Crippen molar-refractivity contribution < 1.29 is 0 Å². The van der Waals surface area contributed by atoms with Crippen LogP contribution in [0.2, 0.25) is 0 Å². The smallest absolute Gasteiger partial charge is 0.137 e. The highest BCUT2D eigenvalue weighted by molar-refractivity contribution is 7.80. The summed E-state index contributed by atoms with van der Waals surface area (Å²) >= 11 is 5.16. The molecule has 110 valence electrons. The summed E-state index contributed by atoms with van der Waals surface area (Å²) in [5.74, 6) is 0.757. The standard InChI is InChI=1S/C17H21N3S/c1-10-5-7-14(8-6-10)13(4)20-17-15(16(18)21)11(2)9-12(3)19-17/h5-9,13H,1-4H3,(H2,18,21)(H,19,20). The van der Waals surface area contributed by atoms with Crippen molar-refractivity contribution in [2.24, 2.45) is 5.73 Å². The SMILES string of the molecule is Cc1ccc(C(C)Nc2nc(C)cc(C)c2C(N)=S)cc1. The fourth-order valence-electron chi connectivity index (χ4n) is 2.40. The molecule has 1 aromatic heterocycles. The second-order valence-electron chi connectivity index (χ2n) is 5.45. The van der Waals surface area contributed by atoms with Crippen LogP contribution in [0.15, 0.2) is 30.3 Å². The van der Waals surface area contributed by atoms with Gasteiger partial charge in [0.1, 0.15) is 10.8 Å². The van der Waals surface area contributed by atoms with Crippen molar-refractivity contribution in [3.8, 4) is 0 Å². The molecule has 0 radical (unpaired) electrons. The molecule has 0 aliphatic heterocycles. The fourth-order valence-corrected chi connectivity index (χ4v) is 2.65. The van der Waals surface area contributed by atoms with Crippen molar-refractivity contribution in [3.63, 3.8) is 0 Å². The number of hydrogen-bond acceptors (Lipinski definition) is 3. The maximum Gasteiger partial charge on any atom is 0.137 e. The van der Waals surface area contributed by atoms with Gasteiger partial charge in [-0.25, -0.2) is 4.98 Å². The average molecular weight is 299 g/mol. The molecule has 0 aliphatic rings. The minimum absolute atomic E-state index is 0.132. The molecule has 3 N–H and O–H groups in total. The maximum absolute atomic E-state index is 5.85. The van der Waals surface area contributed by atoms with E-state index in [1.54, 1.807) is 0 Å². The highest BCUT2D eigenvalue weighted by Gasteiger charge is 2.14. The average Bonchev–Trinajstić information content (AvgIpc) is 2.37. The van der Waals surface area contributed by atoms with Crippen molar-refractivity contribution >= 4 is 23.0 Å². The molecular formula is C17H21N3S. The Hall–Kier alpha value is -1.94. The molecule has 21 heavy (non-hydrogen) atoms. The van der Waals surface area contributed by atoms with E-state index in [1.165, 1.54) is 11.1 Å². The summed E-state index contributed by atoms with van der Waals surface area (Å²) in [7, 11) is 0. The van der Waals surface area contributed by atoms with Gasteiger partial charge in [0, 0.05) is 11.7 Å². The van der Waals surface area contributed by atoms with Gasteiger partial charge >= 0.3 is 0 Å². The molecule has 2 aromatic rings. The van der Waals surface area contributed by atoms with E-state index in [1.807, 2.05) is 19.9 Å². The Bertz CT molecular complexity index is 662. The van der Waals surface area contributed by atoms with Gasteiger partial charge in [-0.05, 0) is 44.9 Å². The van der Waals surface area contributed by atoms with E-state index < -0.39 is 0 Å². The summed E-state index contributed by atoms with van der Waals surface area (Å²) < 4.78 is 0. The normalized spacial score (nSPS) is 12.0. The zero-order chi connectivity index (χ0) is 15.6. The van der Waals surface area contributed by atoms with Crippen LogP contribution in [0.1, 0.15) is 40.9 Å². The van der Waals surface area contributed by atoms with E-state index in [2.05, 4.69) is 48.4 Å². The number of rotatable bonds is 4. The number of anilines is 1. The Balaban J connectivity index is 2.34. The van der Waals surface area contributed by atoms with Gasteiger partial charge in [-0.15, -0.1) is 0 Å². The van der Waals surface area contributed by atoms with Crippen molar-refractivity contribution in [3.05, 3.63) is 58.3 Å². The number of pyridine rings is 1. The fraction of sp³-hybridized carbons (Fsp3) is 0.294. The molecule has 0 spiro atoms. The molecule has 1 heterocycles. The Labute approximate surface area is 131 Å². The number of nitrogens with one attached hydrogen (secondary N) is 1. The lowest BCUT2D eigenvalue weighted by molar-refractivity contribution is 0.870. The van der Waals surface area contributed by atoms with Crippen LogP contribution in [0.3, 0.4) is 0 Å². The van der Waals surface area contributed by atoms with E-state index in [4.69, 9.17) is 18.0 Å². The van der Waals surface area contributed by atoms with Crippen LogP contribution < -0.4 is 11.1 Å². The van der Waals surface area contributed by atoms with Gasteiger partial charge in [0.15, 0.2) is 0 Å². The molecule has 3 nitrogen and oxygen atoms in total.